The minimum absolute atomic E-state index is 0.0188. The van der Waals surface area contributed by atoms with Crippen LogP contribution in [0.25, 0.3) is 0 Å². The van der Waals surface area contributed by atoms with Crippen LogP contribution in [0, 0.1) is 6.92 Å². The minimum Gasteiger partial charge on any atom is -0.495 e. The molecule has 0 aromatic heterocycles. The summed E-state index contributed by atoms with van der Waals surface area (Å²) in [5, 5.41) is 3.08. The zero-order valence-corrected chi connectivity index (χ0v) is 24.8. The number of hydrogen-bond acceptors (Lipinski definition) is 5. The predicted octanol–water partition coefficient (Wildman–Crippen LogP) is 5.19. The number of amides is 2. The second kappa shape index (κ2) is 14.2. The van der Waals surface area contributed by atoms with E-state index in [0.29, 0.717) is 12.3 Å². The molecule has 0 aliphatic carbocycles. The van der Waals surface area contributed by atoms with Crippen molar-refractivity contribution in [2.45, 2.75) is 51.1 Å². The summed E-state index contributed by atoms with van der Waals surface area (Å²) in [6, 6.07) is 19.2. The molecule has 40 heavy (non-hydrogen) atoms. The minimum atomic E-state index is -4.18. The van der Waals surface area contributed by atoms with E-state index in [2.05, 4.69) is 5.32 Å². The quantitative estimate of drug-likeness (QED) is 0.279. The molecular weight excluding hydrogens is 550 g/mol. The molecule has 3 aromatic rings. The number of carbonyl (C=O) groups excluding carboxylic acids is 2. The molecule has 214 valence electrons. The van der Waals surface area contributed by atoms with Crippen molar-refractivity contribution in [2.75, 3.05) is 24.5 Å². The highest BCUT2D eigenvalue weighted by Gasteiger charge is 2.32. The zero-order valence-electron chi connectivity index (χ0n) is 23.3. The van der Waals surface area contributed by atoms with E-state index < -0.39 is 28.5 Å². The van der Waals surface area contributed by atoms with Crippen molar-refractivity contribution in [1.82, 2.24) is 10.2 Å². The molecule has 3 aromatic carbocycles. The molecule has 0 radical (unpaired) electrons. The molecule has 0 fully saturated rings. The third-order valence-electron chi connectivity index (χ3n) is 6.47. The Bertz CT molecular complexity index is 1420. The number of nitrogens with zero attached hydrogens (tertiary/aromatic N) is 2. The number of anilines is 1. The number of aryl methyl sites for hydroxylation is 1. The van der Waals surface area contributed by atoms with E-state index in [9.17, 15) is 18.0 Å². The first-order chi connectivity index (χ1) is 19.1. The molecule has 1 N–H and O–H groups in total. The number of sulfonamides is 1. The standard InChI is InChI=1S/C30H36ClN3O5S/c1-5-6-17-32-30(36)23(3)33(20-24-12-10-11-22(2)18-24)29(35)21-34(25-15-16-28(39-4)27(31)19-25)40(37,38)26-13-8-7-9-14-26/h7-16,18-19,23H,5-6,17,20-21H2,1-4H3,(H,32,36)/t23-/m0/s1. The van der Waals surface area contributed by atoms with Crippen molar-refractivity contribution in [1.29, 1.82) is 0 Å². The Kier molecular flexibility index (Phi) is 11.0. The van der Waals surface area contributed by atoms with E-state index in [1.807, 2.05) is 38.1 Å². The smallest absolute Gasteiger partial charge is 0.264 e. The van der Waals surface area contributed by atoms with Crippen LogP contribution in [0.15, 0.2) is 77.7 Å². The van der Waals surface area contributed by atoms with Gasteiger partial charge in [-0.2, -0.15) is 0 Å². The summed E-state index contributed by atoms with van der Waals surface area (Å²) in [7, 11) is -2.72. The van der Waals surface area contributed by atoms with E-state index in [1.165, 1.54) is 36.3 Å². The lowest BCUT2D eigenvalue weighted by Gasteiger charge is -2.32. The predicted molar refractivity (Wildman–Crippen MR) is 158 cm³/mol. The summed E-state index contributed by atoms with van der Waals surface area (Å²) in [5.74, 6) is -0.474. The van der Waals surface area contributed by atoms with Crippen LogP contribution in [-0.2, 0) is 26.2 Å². The second-order valence-electron chi connectivity index (χ2n) is 9.47. The maximum Gasteiger partial charge on any atom is 0.264 e. The monoisotopic (exact) mass is 585 g/mol. The zero-order chi connectivity index (χ0) is 29.3. The fourth-order valence-electron chi connectivity index (χ4n) is 4.18. The lowest BCUT2D eigenvalue weighted by molar-refractivity contribution is -0.139. The lowest BCUT2D eigenvalue weighted by Crippen LogP contribution is -2.51. The summed E-state index contributed by atoms with van der Waals surface area (Å²) >= 11 is 6.35. The normalized spacial score (nSPS) is 11.9. The Hall–Kier alpha value is -3.56. The fourth-order valence-corrected chi connectivity index (χ4v) is 5.86. The van der Waals surface area contributed by atoms with Gasteiger partial charge in [-0.25, -0.2) is 8.42 Å². The molecule has 0 bridgehead atoms. The summed E-state index contributed by atoms with van der Waals surface area (Å²) in [4.78, 5) is 28.4. The van der Waals surface area contributed by atoms with Gasteiger partial charge in [0.25, 0.3) is 10.0 Å². The third-order valence-corrected chi connectivity index (χ3v) is 8.55. The van der Waals surface area contributed by atoms with Gasteiger partial charge in [-0.05, 0) is 56.2 Å². The second-order valence-corrected chi connectivity index (χ2v) is 11.7. The first kappa shape index (κ1) is 31.0. The number of unbranched alkanes of at least 4 members (excludes halogenated alkanes) is 1. The number of halogens is 1. The van der Waals surface area contributed by atoms with Gasteiger partial charge in [0.05, 0.1) is 22.7 Å². The molecule has 0 unspecified atom stereocenters. The van der Waals surface area contributed by atoms with Crippen LogP contribution >= 0.6 is 11.6 Å². The lowest BCUT2D eigenvalue weighted by atomic mass is 10.1. The van der Waals surface area contributed by atoms with Gasteiger partial charge in [0.15, 0.2) is 0 Å². The van der Waals surface area contributed by atoms with Crippen LogP contribution in [0.3, 0.4) is 0 Å². The molecule has 0 aliphatic heterocycles. The first-order valence-electron chi connectivity index (χ1n) is 13.1. The van der Waals surface area contributed by atoms with Crippen LogP contribution in [0.1, 0.15) is 37.8 Å². The van der Waals surface area contributed by atoms with Crippen molar-refractivity contribution in [3.8, 4) is 5.75 Å². The Balaban J connectivity index is 2.02. The van der Waals surface area contributed by atoms with Crippen LogP contribution < -0.4 is 14.4 Å². The Morgan fingerprint density at radius 3 is 2.38 bits per heavy atom. The molecule has 10 heteroatoms. The number of benzene rings is 3. The topological polar surface area (TPSA) is 96.0 Å². The van der Waals surface area contributed by atoms with E-state index in [1.54, 1.807) is 31.2 Å². The average Bonchev–Trinajstić information content (AvgIpc) is 2.94. The van der Waals surface area contributed by atoms with Crippen molar-refractivity contribution >= 4 is 39.1 Å². The maximum atomic E-state index is 14.0. The summed E-state index contributed by atoms with van der Waals surface area (Å²) in [6.45, 7) is 5.69. The van der Waals surface area contributed by atoms with Crippen LogP contribution in [-0.4, -0.2) is 51.4 Å². The molecule has 2 amide bonds. The molecule has 0 aliphatic rings. The maximum absolute atomic E-state index is 14.0. The van der Waals surface area contributed by atoms with Crippen molar-refractivity contribution in [3.05, 3.63) is 88.9 Å². The first-order valence-corrected chi connectivity index (χ1v) is 14.9. The Morgan fingerprint density at radius 2 is 1.75 bits per heavy atom. The van der Waals surface area contributed by atoms with Gasteiger partial charge < -0.3 is 15.0 Å². The van der Waals surface area contributed by atoms with Crippen LogP contribution in [0.2, 0.25) is 5.02 Å². The molecule has 0 saturated carbocycles. The van der Waals surface area contributed by atoms with E-state index >= 15 is 0 Å². The molecule has 1 atom stereocenters. The van der Waals surface area contributed by atoms with E-state index in [-0.39, 0.29) is 28.1 Å². The summed E-state index contributed by atoms with van der Waals surface area (Å²) in [5.41, 5.74) is 2.02. The number of carbonyl (C=O) groups is 2. The van der Waals surface area contributed by atoms with Gasteiger partial charge in [-0.3, -0.25) is 13.9 Å². The molecule has 3 rings (SSSR count). The molecular formula is C30H36ClN3O5S. The highest BCUT2D eigenvalue weighted by Crippen LogP contribution is 2.32. The molecule has 0 spiro atoms. The summed E-state index contributed by atoms with van der Waals surface area (Å²) < 4.78 is 33.9. The van der Waals surface area contributed by atoms with Crippen molar-refractivity contribution in [3.63, 3.8) is 0 Å². The van der Waals surface area contributed by atoms with Gasteiger partial charge >= 0.3 is 0 Å². The van der Waals surface area contributed by atoms with E-state index in [4.69, 9.17) is 16.3 Å². The number of methoxy groups -OCH3 is 1. The third kappa shape index (κ3) is 7.76. The number of ether oxygens (including phenoxy) is 1. The Labute approximate surface area is 241 Å². The highest BCUT2D eigenvalue weighted by atomic mass is 35.5. The van der Waals surface area contributed by atoms with Gasteiger partial charge in [-0.1, -0.05) is 73.0 Å². The molecule has 8 nitrogen and oxygen atoms in total. The van der Waals surface area contributed by atoms with E-state index in [0.717, 1.165) is 28.3 Å². The van der Waals surface area contributed by atoms with Gasteiger partial charge in [-0.15, -0.1) is 0 Å². The summed E-state index contributed by atoms with van der Waals surface area (Å²) in [6.07, 6.45) is 1.73. The Morgan fingerprint density at radius 1 is 1.02 bits per heavy atom. The molecule has 0 saturated heterocycles. The molecule has 0 heterocycles. The fraction of sp³-hybridized carbons (Fsp3) is 0.333. The van der Waals surface area contributed by atoms with Gasteiger partial charge in [0.2, 0.25) is 11.8 Å². The van der Waals surface area contributed by atoms with Crippen molar-refractivity contribution < 1.29 is 22.7 Å². The van der Waals surface area contributed by atoms with Crippen LogP contribution in [0.4, 0.5) is 5.69 Å². The highest BCUT2D eigenvalue weighted by molar-refractivity contribution is 7.92. The number of hydrogen-bond donors (Lipinski definition) is 1. The van der Waals surface area contributed by atoms with Crippen molar-refractivity contribution in [2.24, 2.45) is 0 Å². The van der Waals surface area contributed by atoms with Crippen LogP contribution in [0.5, 0.6) is 5.75 Å². The number of nitrogens with one attached hydrogen (secondary N) is 1. The van der Waals surface area contributed by atoms with Gasteiger partial charge in [0.1, 0.15) is 18.3 Å². The number of rotatable bonds is 13. The SMILES string of the molecule is CCCCNC(=O)[C@H](C)N(Cc1cccc(C)c1)C(=O)CN(c1ccc(OC)c(Cl)c1)S(=O)(=O)c1ccccc1. The van der Waals surface area contributed by atoms with Gasteiger partial charge in [0, 0.05) is 13.1 Å². The average molecular weight is 586 g/mol. The largest absolute Gasteiger partial charge is 0.495 e.